The Hall–Kier alpha value is -0.990. The molecule has 3 fully saturated rings. The lowest BCUT2D eigenvalue weighted by Gasteiger charge is -2.58. The van der Waals surface area contributed by atoms with Gasteiger partial charge in [-0.2, -0.15) is 0 Å². The SMILES string of the molecule is CC(C)CCCC(C)C1CCC2C3CC=C4CC(OC(=O)c5cccc(Cl)c5Cl)CCC4(C)C3CCC12C. The number of carbonyl (C=O) groups excluding carboxylic acids is 1. The van der Waals surface area contributed by atoms with E-state index in [2.05, 4.69) is 40.7 Å². The summed E-state index contributed by atoms with van der Waals surface area (Å²) in [6.07, 6.45) is 16.4. The number of ether oxygens (including phenoxy) is 1. The third-order valence-corrected chi connectivity index (χ3v) is 12.5. The molecule has 8 unspecified atom stereocenters. The third-order valence-electron chi connectivity index (χ3n) is 11.7. The quantitative estimate of drug-likeness (QED) is 0.245. The van der Waals surface area contributed by atoms with Crippen molar-refractivity contribution in [2.45, 2.75) is 111 Å². The second kappa shape index (κ2) is 11.1. The number of hydrogen-bond donors (Lipinski definition) is 0. The van der Waals surface area contributed by atoms with Crippen molar-refractivity contribution in [3.63, 3.8) is 0 Å². The molecule has 1 aromatic carbocycles. The zero-order chi connectivity index (χ0) is 27.2. The average molecular weight is 560 g/mol. The van der Waals surface area contributed by atoms with Gasteiger partial charge in [-0.05, 0) is 103 Å². The Bertz CT molecular complexity index is 1060. The van der Waals surface area contributed by atoms with Crippen molar-refractivity contribution >= 4 is 29.2 Å². The Morgan fingerprint density at radius 2 is 1.82 bits per heavy atom. The molecule has 0 amide bonds. The highest BCUT2D eigenvalue weighted by Gasteiger charge is 2.59. The zero-order valence-electron chi connectivity index (χ0n) is 24.2. The van der Waals surface area contributed by atoms with Crippen LogP contribution in [0, 0.1) is 46.3 Å². The molecule has 8 atom stereocenters. The van der Waals surface area contributed by atoms with E-state index >= 15 is 0 Å². The normalized spacial score (nSPS) is 37.2. The molecule has 3 saturated carbocycles. The minimum atomic E-state index is -0.353. The van der Waals surface area contributed by atoms with Gasteiger partial charge in [-0.25, -0.2) is 4.79 Å². The van der Waals surface area contributed by atoms with Gasteiger partial charge >= 0.3 is 5.97 Å². The van der Waals surface area contributed by atoms with Gasteiger partial charge in [-0.15, -0.1) is 0 Å². The molecule has 38 heavy (non-hydrogen) atoms. The molecule has 0 saturated heterocycles. The molecule has 0 heterocycles. The van der Waals surface area contributed by atoms with Crippen molar-refractivity contribution in [2.75, 3.05) is 0 Å². The summed E-state index contributed by atoms with van der Waals surface area (Å²) in [7, 11) is 0. The predicted molar refractivity (Wildman–Crippen MR) is 159 cm³/mol. The summed E-state index contributed by atoms with van der Waals surface area (Å²) in [6, 6.07) is 5.15. The second-order valence-electron chi connectivity index (χ2n) is 14.2. The fraction of sp³-hybridized carbons (Fsp3) is 0.735. The van der Waals surface area contributed by atoms with E-state index in [9.17, 15) is 4.79 Å². The first-order valence-electron chi connectivity index (χ1n) is 15.4. The predicted octanol–water partition coefficient (Wildman–Crippen LogP) is 10.6. The number of carbonyl (C=O) groups is 1. The summed E-state index contributed by atoms with van der Waals surface area (Å²) in [5, 5.41) is 0.677. The van der Waals surface area contributed by atoms with E-state index in [0.717, 1.165) is 54.8 Å². The molecule has 0 bridgehead atoms. The number of benzene rings is 1. The lowest BCUT2D eigenvalue weighted by Crippen LogP contribution is -2.51. The number of hydrogen-bond acceptors (Lipinski definition) is 2. The van der Waals surface area contributed by atoms with Crippen LogP contribution in [-0.2, 0) is 4.74 Å². The van der Waals surface area contributed by atoms with Crippen LogP contribution in [0.15, 0.2) is 29.8 Å². The molecular weight excluding hydrogens is 511 g/mol. The van der Waals surface area contributed by atoms with E-state index < -0.39 is 0 Å². The van der Waals surface area contributed by atoms with Crippen LogP contribution in [0.4, 0.5) is 0 Å². The first kappa shape index (κ1) is 28.5. The smallest absolute Gasteiger partial charge is 0.339 e. The highest BCUT2D eigenvalue weighted by Crippen LogP contribution is 2.67. The van der Waals surface area contributed by atoms with E-state index in [1.54, 1.807) is 23.8 Å². The van der Waals surface area contributed by atoms with Crippen molar-refractivity contribution in [3.05, 3.63) is 45.5 Å². The van der Waals surface area contributed by atoms with Gasteiger partial charge in [0.25, 0.3) is 0 Å². The Balaban J connectivity index is 1.26. The Morgan fingerprint density at radius 1 is 1.03 bits per heavy atom. The van der Waals surface area contributed by atoms with E-state index in [1.165, 1.54) is 51.4 Å². The van der Waals surface area contributed by atoms with Crippen LogP contribution in [0.5, 0.6) is 0 Å². The van der Waals surface area contributed by atoms with Gasteiger partial charge in [0.05, 0.1) is 15.6 Å². The molecule has 0 aromatic heterocycles. The zero-order valence-corrected chi connectivity index (χ0v) is 25.7. The fourth-order valence-corrected chi connectivity index (χ4v) is 10.0. The average Bonchev–Trinajstić information content (AvgIpc) is 3.23. The first-order chi connectivity index (χ1) is 18.0. The maximum Gasteiger partial charge on any atom is 0.339 e. The molecular formula is C34H48Cl2O2. The highest BCUT2D eigenvalue weighted by atomic mass is 35.5. The van der Waals surface area contributed by atoms with Gasteiger partial charge < -0.3 is 4.74 Å². The molecule has 210 valence electrons. The molecule has 4 aliphatic carbocycles. The van der Waals surface area contributed by atoms with E-state index in [-0.39, 0.29) is 22.5 Å². The van der Waals surface area contributed by atoms with Gasteiger partial charge in [-0.1, -0.05) is 94.8 Å². The van der Waals surface area contributed by atoms with Crippen molar-refractivity contribution < 1.29 is 9.53 Å². The maximum atomic E-state index is 12.9. The number of halogens is 2. The topological polar surface area (TPSA) is 26.3 Å². The number of rotatable bonds is 7. The third kappa shape index (κ3) is 5.11. The summed E-state index contributed by atoms with van der Waals surface area (Å²) in [6.45, 7) is 12.5. The summed E-state index contributed by atoms with van der Waals surface area (Å²) in [5.74, 6) is 4.68. The first-order valence-corrected chi connectivity index (χ1v) is 16.1. The van der Waals surface area contributed by atoms with Crippen molar-refractivity contribution in [2.24, 2.45) is 46.3 Å². The molecule has 2 nitrogen and oxygen atoms in total. The Morgan fingerprint density at radius 3 is 2.58 bits per heavy atom. The molecule has 4 aliphatic rings. The van der Waals surface area contributed by atoms with Crippen molar-refractivity contribution in [1.29, 1.82) is 0 Å². The molecule has 1 aromatic rings. The van der Waals surface area contributed by atoms with Crippen LogP contribution in [0.25, 0.3) is 0 Å². The van der Waals surface area contributed by atoms with Crippen LogP contribution in [0.2, 0.25) is 10.0 Å². The van der Waals surface area contributed by atoms with E-state index in [1.807, 2.05) is 0 Å². The van der Waals surface area contributed by atoms with Crippen LogP contribution in [-0.4, -0.2) is 12.1 Å². The summed E-state index contributed by atoms with van der Waals surface area (Å²) >= 11 is 12.4. The molecule has 0 spiro atoms. The van der Waals surface area contributed by atoms with Crippen LogP contribution in [0.3, 0.4) is 0 Å². The number of allylic oxidation sites excluding steroid dienone is 1. The van der Waals surface area contributed by atoms with Crippen LogP contribution in [0.1, 0.15) is 116 Å². The summed E-state index contributed by atoms with van der Waals surface area (Å²) in [4.78, 5) is 12.9. The Kier molecular flexibility index (Phi) is 8.35. The number of esters is 1. The van der Waals surface area contributed by atoms with E-state index in [4.69, 9.17) is 27.9 Å². The van der Waals surface area contributed by atoms with Gasteiger partial charge in [0.1, 0.15) is 6.10 Å². The molecule has 5 rings (SSSR count). The largest absolute Gasteiger partial charge is 0.458 e. The van der Waals surface area contributed by atoms with Gasteiger partial charge in [-0.3, -0.25) is 0 Å². The van der Waals surface area contributed by atoms with Crippen molar-refractivity contribution in [1.82, 2.24) is 0 Å². The van der Waals surface area contributed by atoms with Crippen LogP contribution < -0.4 is 0 Å². The lowest BCUT2D eigenvalue weighted by atomic mass is 9.47. The summed E-state index contributed by atoms with van der Waals surface area (Å²) < 4.78 is 5.99. The fourth-order valence-electron chi connectivity index (χ4n) is 9.63. The van der Waals surface area contributed by atoms with E-state index in [0.29, 0.717) is 16.0 Å². The van der Waals surface area contributed by atoms with Gasteiger partial charge in [0, 0.05) is 6.42 Å². The minimum Gasteiger partial charge on any atom is -0.458 e. The van der Waals surface area contributed by atoms with Crippen molar-refractivity contribution in [3.8, 4) is 0 Å². The summed E-state index contributed by atoms with van der Waals surface area (Å²) in [5.41, 5.74) is 2.68. The molecule has 0 aliphatic heterocycles. The Labute approximate surface area is 241 Å². The van der Waals surface area contributed by atoms with Gasteiger partial charge in [0.15, 0.2) is 0 Å². The monoisotopic (exact) mass is 558 g/mol. The standard InChI is InChI=1S/C34H48Cl2O2/c1-21(2)8-6-9-22(3)27-14-15-28-25-13-12-23-20-24(38-32(37)26-10-7-11-30(35)31(26)36)16-18-33(23,4)29(25)17-19-34(27,28)5/h7,10-12,21-22,24-25,27-29H,6,8-9,13-20H2,1-5H3. The minimum absolute atomic E-state index is 0.0789. The molecule has 0 N–H and O–H groups in total. The van der Waals surface area contributed by atoms with Gasteiger partial charge in [0.2, 0.25) is 0 Å². The second-order valence-corrected chi connectivity index (χ2v) is 14.9. The highest BCUT2D eigenvalue weighted by molar-refractivity contribution is 6.43. The number of fused-ring (bicyclic) bond motifs is 5. The molecule has 0 radical (unpaired) electrons. The molecule has 4 heteroatoms. The lowest BCUT2D eigenvalue weighted by molar-refractivity contribution is -0.0594. The van der Waals surface area contributed by atoms with Crippen LogP contribution >= 0.6 is 23.2 Å². The maximum absolute atomic E-state index is 12.9.